The summed E-state index contributed by atoms with van der Waals surface area (Å²) in [6, 6.07) is 21.6. The number of nitrogens with zero attached hydrogens (tertiary/aromatic N) is 3. The van der Waals surface area contributed by atoms with Gasteiger partial charge in [-0.1, -0.05) is 6.07 Å². The number of methoxy groups -OCH3 is 1. The van der Waals surface area contributed by atoms with E-state index in [1.165, 1.54) is 0 Å². The molecule has 0 spiro atoms. The van der Waals surface area contributed by atoms with Crippen molar-refractivity contribution >= 4 is 28.2 Å². The number of rotatable bonds is 5. The summed E-state index contributed by atoms with van der Waals surface area (Å²) in [6.07, 6.45) is 2.67. The van der Waals surface area contributed by atoms with Gasteiger partial charge in [0.15, 0.2) is 0 Å². The van der Waals surface area contributed by atoms with Crippen LogP contribution in [0.15, 0.2) is 72.9 Å². The molecule has 0 saturated carbocycles. The molecule has 33 heavy (non-hydrogen) atoms. The molecule has 2 aromatic carbocycles. The lowest BCUT2D eigenvalue weighted by Crippen LogP contribution is -2.28. The zero-order valence-corrected chi connectivity index (χ0v) is 18.8. The van der Waals surface area contributed by atoms with Crippen LogP contribution in [0, 0.1) is 6.92 Å². The fourth-order valence-corrected chi connectivity index (χ4v) is 4.39. The Labute approximate surface area is 193 Å². The second-order valence-corrected chi connectivity index (χ2v) is 8.42. The summed E-state index contributed by atoms with van der Waals surface area (Å²) in [4.78, 5) is 24.2. The van der Waals surface area contributed by atoms with Gasteiger partial charge in [-0.25, -0.2) is 0 Å². The van der Waals surface area contributed by atoms with Crippen molar-refractivity contribution in [2.24, 2.45) is 0 Å². The summed E-state index contributed by atoms with van der Waals surface area (Å²) >= 11 is 0. The van der Waals surface area contributed by atoms with Crippen molar-refractivity contribution < 1.29 is 9.53 Å². The van der Waals surface area contributed by atoms with Gasteiger partial charge in [0.05, 0.1) is 12.6 Å². The maximum atomic E-state index is 13.2. The number of carbonyl (C=O) groups is 1. The molecule has 1 aliphatic rings. The lowest BCUT2D eigenvalue weighted by atomic mass is 10.0. The molecule has 6 heteroatoms. The molecule has 1 amide bonds. The molecule has 1 N–H and O–H groups in total. The molecule has 3 heterocycles. The van der Waals surface area contributed by atoms with Gasteiger partial charge in [-0.2, -0.15) is 0 Å². The minimum atomic E-state index is 0.0625. The number of hydrogen-bond acceptors (Lipinski definition) is 5. The van der Waals surface area contributed by atoms with Crippen LogP contribution in [0.3, 0.4) is 0 Å². The predicted octanol–water partition coefficient (Wildman–Crippen LogP) is 5.32. The van der Waals surface area contributed by atoms with Crippen LogP contribution in [0.4, 0.5) is 11.4 Å². The Hall–Kier alpha value is -3.93. The first kappa shape index (κ1) is 20.9. The van der Waals surface area contributed by atoms with Crippen molar-refractivity contribution in [3.8, 4) is 5.75 Å². The number of amides is 1. The first-order chi connectivity index (χ1) is 16.1. The molecule has 1 aliphatic heterocycles. The Morgan fingerprint density at radius 1 is 1.06 bits per heavy atom. The maximum Gasteiger partial charge on any atom is 0.253 e. The van der Waals surface area contributed by atoms with Gasteiger partial charge in [-0.3, -0.25) is 14.8 Å². The summed E-state index contributed by atoms with van der Waals surface area (Å²) in [5, 5.41) is 4.44. The minimum Gasteiger partial charge on any atom is -0.497 e. The van der Waals surface area contributed by atoms with Crippen LogP contribution in [0.2, 0.25) is 0 Å². The van der Waals surface area contributed by atoms with Crippen LogP contribution in [0.5, 0.6) is 5.75 Å². The zero-order valence-electron chi connectivity index (χ0n) is 18.8. The lowest BCUT2D eigenvalue weighted by Gasteiger charge is -2.17. The third-order valence-electron chi connectivity index (χ3n) is 6.10. The van der Waals surface area contributed by atoms with E-state index in [4.69, 9.17) is 9.72 Å². The van der Waals surface area contributed by atoms with Gasteiger partial charge < -0.3 is 15.0 Å². The molecule has 5 rings (SSSR count). The van der Waals surface area contributed by atoms with Crippen molar-refractivity contribution in [1.82, 2.24) is 14.9 Å². The molecule has 4 aromatic rings. The van der Waals surface area contributed by atoms with E-state index in [1.807, 2.05) is 72.5 Å². The molecule has 166 valence electrons. The van der Waals surface area contributed by atoms with Crippen molar-refractivity contribution in [2.75, 3.05) is 25.5 Å². The highest BCUT2D eigenvalue weighted by atomic mass is 16.5. The number of pyridine rings is 2. The van der Waals surface area contributed by atoms with Gasteiger partial charge in [0.2, 0.25) is 0 Å². The smallest absolute Gasteiger partial charge is 0.253 e. The van der Waals surface area contributed by atoms with Crippen LogP contribution >= 0.6 is 0 Å². The number of likely N-dealkylation sites (tertiary alicyclic amines) is 1. The standard InChI is InChI=1S/C27H26N4O2/c1-18-14-23(30-22-6-8-24(33-2)9-7-22)16-26(29-18)21-11-13-31(17-21)27(32)20-5-10-25-19(15-20)4-3-12-28-25/h3-10,12,14-16,21H,11,13,17H2,1-2H3,(H,29,30)/t21-/m0/s1. The van der Waals surface area contributed by atoms with Gasteiger partial charge in [-0.05, 0) is 74.0 Å². The van der Waals surface area contributed by atoms with Gasteiger partial charge in [0, 0.05) is 58.9 Å². The third-order valence-corrected chi connectivity index (χ3v) is 6.10. The molecule has 1 atom stereocenters. The number of hydrogen-bond donors (Lipinski definition) is 1. The topological polar surface area (TPSA) is 67.3 Å². The van der Waals surface area contributed by atoms with E-state index < -0.39 is 0 Å². The second-order valence-electron chi connectivity index (χ2n) is 8.42. The Kier molecular flexibility index (Phi) is 5.65. The highest BCUT2D eigenvalue weighted by Crippen LogP contribution is 2.30. The molecule has 0 aliphatic carbocycles. The van der Waals surface area contributed by atoms with E-state index in [0.717, 1.165) is 52.4 Å². The summed E-state index contributed by atoms with van der Waals surface area (Å²) in [5.74, 6) is 1.10. The van der Waals surface area contributed by atoms with Crippen LogP contribution in [-0.4, -0.2) is 41.0 Å². The van der Waals surface area contributed by atoms with Crippen LogP contribution in [0.25, 0.3) is 10.9 Å². The minimum absolute atomic E-state index is 0.0625. The van der Waals surface area contributed by atoms with Gasteiger partial charge >= 0.3 is 0 Å². The fourth-order valence-electron chi connectivity index (χ4n) is 4.39. The van der Waals surface area contributed by atoms with E-state index in [1.54, 1.807) is 13.3 Å². The fraction of sp³-hybridized carbons (Fsp3) is 0.222. The predicted molar refractivity (Wildman–Crippen MR) is 130 cm³/mol. The van der Waals surface area contributed by atoms with E-state index >= 15 is 0 Å². The van der Waals surface area contributed by atoms with E-state index in [9.17, 15) is 4.79 Å². The first-order valence-electron chi connectivity index (χ1n) is 11.1. The highest BCUT2D eigenvalue weighted by Gasteiger charge is 2.29. The van der Waals surface area contributed by atoms with Crippen LogP contribution in [-0.2, 0) is 0 Å². The zero-order chi connectivity index (χ0) is 22.8. The van der Waals surface area contributed by atoms with E-state index in [-0.39, 0.29) is 11.8 Å². The Morgan fingerprint density at radius 2 is 1.91 bits per heavy atom. The van der Waals surface area contributed by atoms with Crippen LogP contribution < -0.4 is 10.1 Å². The SMILES string of the molecule is COc1ccc(Nc2cc(C)nc([C@H]3CCN(C(=O)c4ccc5ncccc5c4)C3)c2)cc1. The quantitative estimate of drug-likeness (QED) is 0.457. The van der Waals surface area contributed by atoms with Crippen LogP contribution in [0.1, 0.15) is 34.1 Å². The number of anilines is 2. The van der Waals surface area contributed by atoms with Crippen molar-refractivity contribution in [1.29, 1.82) is 0 Å². The normalized spacial score (nSPS) is 15.6. The molecule has 0 unspecified atom stereocenters. The maximum absolute atomic E-state index is 13.2. The summed E-state index contributed by atoms with van der Waals surface area (Å²) in [6.45, 7) is 3.40. The molecule has 2 aromatic heterocycles. The molecule has 0 bridgehead atoms. The largest absolute Gasteiger partial charge is 0.497 e. The molecular formula is C27H26N4O2. The third kappa shape index (κ3) is 4.51. The summed E-state index contributed by atoms with van der Waals surface area (Å²) < 4.78 is 5.23. The Balaban J connectivity index is 1.31. The summed E-state index contributed by atoms with van der Waals surface area (Å²) in [7, 11) is 1.66. The lowest BCUT2D eigenvalue weighted by molar-refractivity contribution is 0.0791. The number of carbonyl (C=O) groups excluding carboxylic acids is 1. The van der Waals surface area contributed by atoms with Gasteiger partial charge in [-0.15, -0.1) is 0 Å². The number of fused-ring (bicyclic) bond motifs is 1. The van der Waals surface area contributed by atoms with E-state index in [0.29, 0.717) is 12.1 Å². The number of aryl methyl sites for hydroxylation is 1. The number of nitrogens with one attached hydrogen (secondary N) is 1. The summed E-state index contributed by atoms with van der Waals surface area (Å²) in [5.41, 5.74) is 5.56. The van der Waals surface area contributed by atoms with Crippen molar-refractivity contribution in [3.63, 3.8) is 0 Å². The molecule has 0 radical (unpaired) electrons. The second kappa shape index (κ2) is 8.90. The van der Waals surface area contributed by atoms with Crippen molar-refractivity contribution in [2.45, 2.75) is 19.3 Å². The first-order valence-corrected chi connectivity index (χ1v) is 11.1. The Bertz CT molecular complexity index is 1300. The Morgan fingerprint density at radius 3 is 2.73 bits per heavy atom. The average molecular weight is 439 g/mol. The average Bonchev–Trinajstić information content (AvgIpc) is 3.34. The number of ether oxygens (including phenoxy) is 1. The van der Waals surface area contributed by atoms with Crippen molar-refractivity contribution in [3.05, 3.63) is 89.9 Å². The molecule has 1 fully saturated rings. The van der Waals surface area contributed by atoms with Gasteiger partial charge in [0.25, 0.3) is 5.91 Å². The van der Waals surface area contributed by atoms with Gasteiger partial charge in [0.1, 0.15) is 5.75 Å². The number of aromatic nitrogens is 2. The molecule has 6 nitrogen and oxygen atoms in total. The highest BCUT2D eigenvalue weighted by molar-refractivity contribution is 5.98. The van der Waals surface area contributed by atoms with E-state index in [2.05, 4.69) is 16.4 Å². The molecule has 1 saturated heterocycles. The monoisotopic (exact) mass is 438 g/mol. The molecular weight excluding hydrogens is 412 g/mol. The number of benzene rings is 2.